The molecule has 0 aliphatic carbocycles. The molecule has 1 fully saturated rings. The predicted molar refractivity (Wildman–Crippen MR) is 131 cm³/mol. The third-order valence-electron chi connectivity index (χ3n) is 5.48. The highest BCUT2D eigenvalue weighted by molar-refractivity contribution is 7.92. The summed E-state index contributed by atoms with van der Waals surface area (Å²) in [5, 5.41) is 3.28. The number of sulfonamides is 1. The zero-order chi connectivity index (χ0) is 23.4. The van der Waals surface area contributed by atoms with E-state index in [1.807, 2.05) is 30.3 Å². The van der Waals surface area contributed by atoms with Crippen LogP contribution in [0.4, 0.5) is 17.5 Å². The molecule has 1 aliphatic heterocycles. The topological polar surface area (TPSA) is 109 Å². The van der Waals surface area contributed by atoms with E-state index in [4.69, 9.17) is 4.74 Å². The molecule has 9 nitrogen and oxygen atoms in total. The van der Waals surface area contributed by atoms with Gasteiger partial charge in [-0.15, -0.1) is 0 Å². The van der Waals surface area contributed by atoms with E-state index in [0.717, 1.165) is 24.5 Å². The van der Waals surface area contributed by atoms with Gasteiger partial charge in [0.2, 0.25) is 0 Å². The van der Waals surface area contributed by atoms with Crippen molar-refractivity contribution in [3.63, 3.8) is 0 Å². The fourth-order valence-corrected chi connectivity index (χ4v) is 4.82. The molecule has 2 aromatic carbocycles. The van der Waals surface area contributed by atoms with E-state index >= 15 is 0 Å². The highest BCUT2D eigenvalue weighted by atomic mass is 32.2. The summed E-state index contributed by atoms with van der Waals surface area (Å²) in [6.45, 7) is 3.24. The van der Waals surface area contributed by atoms with E-state index in [-0.39, 0.29) is 10.7 Å². The first kappa shape index (κ1) is 22.1. The third-order valence-corrected chi connectivity index (χ3v) is 6.83. The van der Waals surface area contributed by atoms with Gasteiger partial charge < -0.3 is 15.0 Å². The first-order valence-corrected chi connectivity index (χ1v) is 12.4. The molecule has 10 heteroatoms. The molecule has 174 valence electrons. The Bertz CT molecular complexity index is 1390. The van der Waals surface area contributed by atoms with Crippen LogP contribution in [0.5, 0.6) is 0 Å². The molecule has 1 aliphatic rings. The number of fused-ring (bicyclic) bond motifs is 1. The van der Waals surface area contributed by atoms with Gasteiger partial charge in [0.05, 0.1) is 29.1 Å². The van der Waals surface area contributed by atoms with E-state index in [2.05, 4.69) is 29.9 Å². The minimum atomic E-state index is -3.84. The molecule has 1 saturated heterocycles. The lowest BCUT2D eigenvalue weighted by Gasteiger charge is -2.29. The Hall–Kier alpha value is -3.76. The number of nitrogens with zero attached hydrogens (tertiary/aromatic N) is 4. The van der Waals surface area contributed by atoms with Gasteiger partial charge in [0.25, 0.3) is 10.0 Å². The Balaban J connectivity index is 1.46. The lowest BCUT2D eigenvalue weighted by molar-refractivity contribution is 0.122. The number of aromatic nitrogens is 3. The molecule has 0 unspecified atom stereocenters. The van der Waals surface area contributed by atoms with Crippen LogP contribution in [-0.4, -0.2) is 49.7 Å². The number of para-hydroxylation sites is 2. The van der Waals surface area contributed by atoms with Gasteiger partial charge >= 0.3 is 0 Å². The van der Waals surface area contributed by atoms with Crippen LogP contribution in [0.3, 0.4) is 0 Å². The monoisotopic (exact) mass is 476 g/mol. The minimum Gasteiger partial charge on any atom is -0.378 e. The van der Waals surface area contributed by atoms with Crippen molar-refractivity contribution >= 4 is 38.5 Å². The van der Waals surface area contributed by atoms with Crippen LogP contribution in [-0.2, 0) is 21.3 Å². The number of hydrogen-bond donors (Lipinski definition) is 2. The quantitative estimate of drug-likeness (QED) is 0.418. The van der Waals surface area contributed by atoms with Crippen LogP contribution in [0.15, 0.2) is 77.8 Å². The van der Waals surface area contributed by atoms with Gasteiger partial charge in [-0.25, -0.2) is 23.4 Å². The second-order valence-electron chi connectivity index (χ2n) is 7.77. The van der Waals surface area contributed by atoms with E-state index in [1.54, 1.807) is 30.5 Å². The Kier molecular flexibility index (Phi) is 6.24. The van der Waals surface area contributed by atoms with Gasteiger partial charge in [-0.2, -0.15) is 0 Å². The van der Waals surface area contributed by atoms with Crippen LogP contribution in [0, 0.1) is 0 Å². The fourth-order valence-electron chi connectivity index (χ4n) is 3.79. The summed E-state index contributed by atoms with van der Waals surface area (Å²) in [5.74, 6) is 1.35. The van der Waals surface area contributed by atoms with E-state index in [9.17, 15) is 8.42 Å². The van der Waals surface area contributed by atoms with Crippen molar-refractivity contribution in [3.8, 4) is 0 Å². The highest BCUT2D eigenvalue weighted by Crippen LogP contribution is 2.26. The van der Waals surface area contributed by atoms with Gasteiger partial charge in [0, 0.05) is 31.4 Å². The molecule has 34 heavy (non-hydrogen) atoms. The number of anilines is 3. The average molecular weight is 477 g/mol. The van der Waals surface area contributed by atoms with Gasteiger partial charge in [0.15, 0.2) is 11.6 Å². The van der Waals surface area contributed by atoms with E-state index < -0.39 is 10.0 Å². The van der Waals surface area contributed by atoms with Crippen molar-refractivity contribution in [1.82, 2.24) is 15.0 Å². The van der Waals surface area contributed by atoms with Crippen molar-refractivity contribution in [2.24, 2.45) is 0 Å². The zero-order valence-electron chi connectivity index (χ0n) is 18.4. The molecule has 0 saturated carbocycles. The van der Waals surface area contributed by atoms with Crippen LogP contribution in [0.25, 0.3) is 11.0 Å². The predicted octanol–water partition coefficient (Wildman–Crippen LogP) is 3.27. The van der Waals surface area contributed by atoms with E-state index in [1.165, 1.54) is 12.1 Å². The van der Waals surface area contributed by atoms with Gasteiger partial charge in [0.1, 0.15) is 5.82 Å². The van der Waals surface area contributed by atoms with Crippen molar-refractivity contribution < 1.29 is 13.2 Å². The molecule has 0 bridgehead atoms. The first-order chi connectivity index (χ1) is 16.6. The summed E-state index contributed by atoms with van der Waals surface area (Å²) < 4.78 is 34.0. The maximum Gasteiger partial charge on any atom is 0.263 e. The van der Waals surface area contributed by atoms with Crippen LogP contribution < -0.4 is 14.9 Å². The molecule has 0 amide bonds. The second kappa shape index (κ2) is 9.62. The second-order valence-corrected chi connectivity index (χ2v) is 9.45. The van der Waals surface area contributed by atoms with Gasteiger partial charge in [-0.3, -0.25) is 4.72 Å². The van der Waals surface area contributed by atoms with Crippen molar-refractivity contribution in [2.45, 2.75) is 11.4 Å². The number of nitrogens with one attached hydrogen (secondary N) is 2. The third kappa shape index (κ3) is 4.78. The molecular weight excluding hydrogens is 452 g/mol. The molecule has 0 radical (unpaired) electrons. The minimum absolute atomic E-state index is 0.138. The molecule has 0 spiro atoms. The van der Waals surface area contributed by atoms with Gasteiger partial charge in [-0.05, 0) is 30.3 Å². The molecule has 2 N–H and O–H groups in total. The van der Waals surface area contributed by atoms with Gasteiger partial charge in [-0.1, -0.05) is 36.4 Å². The molecule has 3 heterocycles. The maximum absolute atomic E-state index is 13.0. The smallest absolute Gasteiger partial charge is 0.263 e. The number of ether oxygens (including phenoxy) is 1. The highest BCUT2D eigenvalue weighted by Gasteiger charge is 2.20. The first-order valence-electron chi connectivity index (χ1n) is 11.0. The van der Waals surface area contributed by atoms with Crippen molar-refractivity contribution in [3.05, 3.63) is 78.5 Å². The van der Waals surface area contributed by atoms with Crippen molar-refractivity contribution in [1.29, 1.82) is 0 Å². The fraction of sp³-hybridized carbons (Fsp3) is 0.208. The molecule has 5 rings (SSSR count). The Labute approximate surface area is 197 Å². The molecular formula is C24H24N6O3S. The summed E-state index contributed by atoms with van der Waals surface area (Å²) >= 11 is 0. The number of morpholine rings is 1. The summed E-state index contributed by atoms with van der Waals surface area (Å²) in [6.07, 6.45) is 1.77. The number of benzene rings is 2. The maximum atomic E-state index is 13.0. The standard InChI is InChI=1S/C24H24N6O3S/c31-34(32,19-8-2-1-3-9-19)29-23-22(27-20-10-4-5-11-21(20)28-23)26-17-18-7-6-12-25-24(18)30-13-15-33-16-14-30/h1-12H,13-17H2,(H,26,27)(H,28,29). The average Bonchev–Trinajstić information content (AvgIpc) is 2.88. The number of hydrogen-bond acceptors (Lipinski definition) is 8. The summed E-state index contributed by atoms with van der Waals surface area (Å²) in [7, 11) is -3.84. The zero-order valence-corrected chi connectivity index (χ0v) is 19.2. The Morgan fingerprint density at radius 3 is 2.26 bits per heavy atom. The summed E-state index contributed by atoms with van der Waals surface area (Å²) in [6, 6.07) is 19.4. The number of pyridine rings is 1. The lowest BCUT2D eigenvalue weighted by atomic mass is 10.2. The Morgan fingerprint density at radius 2 is 1.53 bits per heavy atom. The normalized spacial score (nSPS) is 14.2. The molecule has 0 atom stereocenters. The molecule has 2 aromatic heterocycles. The lowest BCUT2D eigenvalue weighted by Crippen LogP contribution is -2.37. The van der Waals surface area contributed by atoms with Crippen molar-refractivity contribution in [2.75, 3.05) is 41.2 Å². The number of rotatable bonds is 7. The largest absolute Gasteiger partial charge is 0.378 e. The molecule has 4 aromatic rings. The van der Waals surface area contributed by atoms with Crippen LogP contribution in [0.1, 0.15) is 5.56 Å². The summed E-state index contributed by atoms with van der Waals surface area (Å²) in [5.41, 5.74) is 2.22. The Morgan fingerprint density at radius 1 is 0.853 bits per heavy atom. The van der Waals surface area contributed by atoms with Crippen LogP contribution in [0.2, 0.25) is 0 Å². The summed E-state index contributed by atoms with van der Waals surface area (Å²) in [4.78, 5) is 16.1. The SMILES string of the molecule is O=S(=O)(Nc1nc2ccccc2nc1NCc1cccnc1N1CCOCC1)c1ccccc1. The van der Waals surface area contributed by atoms with E-state index in [0.29, 0.717) is 36.6 Å². The van der Waals surface area contributed by atoms with Crippen LogP contribution >= 0.6 is 0 Å².